The first-order valence-electron chi connectivity index (χ1n) is 13.6. The Bertz CT molecular complexity index is 1510. The lowest BCUT2D eigenvalue weighted by atomic mass is 9.76. The highest BCUT2D eigenvalue weighted by molar-refractivity contribution is 6.31. The van der Waals surface area contributed by atoms with E-state index < -0.39 is 17.0 Å². The van der Waals surface area contributed by atoms with Crippen molar-refractivity contribution in [2.24, 2.45) is 5.92 Å². The van der Waals surface area contributed by atoms with Gasteiger partial charge in [0.15, 0.2) is 5.82 Å². The molecular weight excluding hydrogens is 514 g/mol. The van der Waals surface area contributed by atoms with Crippen molar-refractivity contribution in [3.63, 3.8) is 0 Å². The molecule has 2 aliphatic rings. The number of aliphatic hydroxyl groups is 1. The van der Waals surface area contributed by atoms with Crippen molar-refractivity contribution < 1.29 is 14.6 Å². The summed E-state index contributed by atoms with van der Waals surface area (Å²) in [6.45, 7) is 7.51. The van der Waals surface area contributed by atoms with E-state index in [2.05, 4.69) is 21.1 Å². The number of aromatic nitrogens is 4. The number of aryl methyl sites for hydroxylation is 3. The Kier molecular flexibility index (Phi) is 7.15. The Morgan fingerprint density at radius 2 is 1.97 bits per heavy atom. The number of halogens is 1. The van der Waals surface area contributed by atoms with Gasteiger partial charge in [0.2, 0.25) is 0 Å². The molecule has 1 aromatic carbocycles. The zero-order valence-electron chi connectivity index (χ0n) is 22.9. The number of hydrogen-bond acceptors (Lipinski definition) is 7. The second kappa shape index (κ2) is 10.3. The Balaban J connectivity index is 1.39. The van der Waals surface area contributed by atoms with Crippen molar-refractivity contribution in [1.82, 2.24) is 19.6 Å². The Hall–Kier alpha value is -3.44. The van der Waals surface area contributed by atoms with E-state index in [-0.39, 0.29) is 30.1 Å². The second-order valence-corrected chi connectivity index (χ2v) is 12.0. The monoisotopic (exact) mass is 547 g/mol. The molecule has 1 aliphatic carbocycles. The third-order valence-corrected chi connectivity index (χ3v) is 8.59. The number of hydrogen-bond donors (Lipinski definition) is 1. The fraction of sp³-hybridized carbons (Fsp3) is 0.500. The summed E-state index contributed by atoms with van der Waals surface area (Å²) in [4.78, 5) is 22.3. The number of carbonyl (C=O) groups excluding carboxylic acids is 1. The summed E-state index contributed by atoms with van der Waals surface area (Å²) in [5.74, 6) is 0.616. The molecule has 9 heteroatoms. The smallest absolute Gasteiger partial charge is 0.338 e. The molecule has 0 radical (unpaired) electrons. The number of nitrogens with zero attached hydrogens (tertiary/aromatic N) is 5. The lowest BCUT2D eigenvalue weighted by Crippen LogP contribution is -2.46. The predicted octanol–water partition coefficient (Wildman–Crippen LogP) is 6.06. The van der Waals surface area contributed by atoms with Gasteiger partial charge in [0, 0.05) is 29.3 Å². The van der Waals surface area contributed by atoms with Gasteiger partial charge < -0.3 is 9.84 Å². The Morgan fingerprint density at radius 3 is 2.64 bits per heavy atom. The minimum atomic E-state index is -0.778. The summed E-state index contributed by atoms with van der Waals surface area (Å²) in [7, 11) is 0. The lowest BCUT2D eigenvalue weighted by molar-refractivity contribution is -0.167. The maximum Gasteiger partial charge on any atom is 0.338 e. The molecular formula is C30H34ClN5O3. The maximum atomic E-state index is 13.4. The van der Waals surface area contributed by atoms with E-state index in [1.54, 1.807) is 4.52 Å². The largest absolute Gasteiger partial charge is 0.512 e. The molecule has 39 heavy (non-hydrogen) atoms. The van der Waals surface area contributed by atoms with Crippen LogP contribution >= 0.6 is 11.6 Å². The topological polar surface area (TPSA) is 113 Å². The van der Waals surface area contributed by atoms with Gasteiger partial charge in [-0.05, 0) is 82.6 Å². The van der Waals surface area contributed by atoms with Crippen LogP contribution in [0.25, 0.3) is 5.78 Å². The lowest BCUT2D eigenvalue weighted by Gasteiger charge is -2.41. The fourth-order valence-corrected chi connectivity index (χ4v) is 6.50. The zero-order valence-corrected chi connectivity index (χ0v) is 23.7. The highest BCUT2D eigenvalue weighted by Crippen LogP contribution is 2.46. The number of carbonyl (C=O) groups is 1. The first-order valence-corrected chi connectivity index (χ1v) is 13.9. The van der Waals surface area contributed by atoms with Gasteiger partial charge in [0.25, 0.3) is 5.78 Å². The van der Waals surface area contributed by atoms with E-state index in [4.69, 9.17) is 16.3 Å². The van der Waals surface area contributed by atoms with Crippen LogP contribution in [0.5, 0.6) is 0 Å². The molecule has 8 nitrogen and oxygen atoms in total. The molecule has 2 aromatic heterocycles. The van der Waals surface area contributed by atoms with E-state index in [0.29, 0.717) is 29.5 Å². The normalized spacial score (nSPS) is 20.5. The number of aliphatic hydroxyl groups excluding tert-OH is 1. The first kappa shape index (κ1) is 27.1. The van der Waals surface area contributed by atoms with Crippen LogP contribution in [0.15, 0.2) is 35.6 Å². The summed E-state index contributed by atoms with van der Waals surface area (Å²) < 4.78 is 7.91. The molecule has 3 heterocycles. The number of rotatable bonds is 7. The minimum Gasteiger partial charge on any atom is -0.512 e. The van der Waals surface area contributed by atoms with Gasteiger partial charge in [0.1, 0.15) is 11.4 Å². The van der Waals surface area contributed by atoms with Crippen LogP contribution in [0.3, 0.4) is 0 Å². The molecule has 0 amide bonds. The van der Waals surface area contributed by atoms with Gasteiger partial charge in [-0.15, -0.1) is 5.10 Å². The first-order chi connectivity index (χ1) is 18.5. The number of nitriles is 1. The third-order valence-electron chi connectivity index (χ3n) is 8.28. The van der Waals surface area contributed by atoms with Crippen molar-refractivity contribution in [2.45, 2.75) is 90.1 Å². The van der Waals surface area contributed by atoms with Crippen LogP contribution < -0.4 is 0 Å². The van der Waals surface area contributed by atoms with Crippen LogP contribution in [0.1, 0.15) is 80.7 Å². The van der Waals surface area contributed by atoms with Crippen molar-refractivity contribution in [3.8, 4) is 6.07 Å². The molecule has 0 bridgehead atoms. The molecule has 0 saturated heterocycles. The summed E-state index contributed by atoms with van der Waals surface area (Å²) >= 11 is 6.56. The average molecular weight is 548 g/mol. The van der Waals surface area contributed by atoms with Gasteiger partial charge in [-0.2, -0.15) is 10.2 Å². The molecule has 0 spiro atoms. The summed E-state index contributed by atoms with van der Waals surface area (Å²) in [6.07, 6.45) is 5.66. The Labute approximate surface area is 233 Å². The third kappa shape index (κ3) is 5.25. The second-order valence-electron chi connectivity index (χ2n) is 11.5. The molecule has 3 aromatic rings. The average Bonchev–Trinajstić information content (AvgIpc) is 3.56. The van der Waals surface area contributed by atoms with Gasteiger partial charge in [-0.25, -0.2) is 14.3 Å². The van der Waals surface area contributed by atoms with Crippen molar-refractivity contribution >= 4 is 23.3 Å². The number of cyclic esters (lactones) is 1. The van der Waals surface area contributed by atoms with E-state index in [1.165, 1.54) is 0 Å². The van der Waals surface area contributed by atoms with Crippen LogP contribution in [-0.2, 0) is 27.8 Å². The van der Waals surface area contributed by atoms with Gasteiger partial charge in [-0.3, -0.25) is 0 Å². The standard InChI is InChI=1S/C30H34ClN5O3/c1-18-13-19(2)36-28(33-18)34-26(35-36)15-22-25(37)16-30(39-27(22)38,21-7-5-6-8-21)12-11-20-9-10-23(24(31)14-20)29(3,4)17-32/h9-10,13-14,21,37H,5-8,11-12,15-16H2,1-4H3/t30-/m1/s1. The van der Waals surface area contributed by atoms with Crippen LogP contribution in [0.2, 0.25) is 5.02 Å². The maximum absolute atomic E-state index is 13.4. The number of benzene rings is 1. The van der Waals surface area contributed by atoms with Crippen LogP contribution in [0, 0.1) is 31.1 Å². The molecule has 1 N–H and O–H groups in total. The quantitative estimate of drug-likeness (QED) is 0.358. The van der Waals surface area contributed by atoms with Gasteiger partial charge in [0.05, 0.1) is 17.1 Å². The molecule has 5 rings (SSSR count). The summed E-state index contributed by atoms with van der Waals surface area (Å²) in [5.41, 5.74) is 2.27. The molecule has 1 aliphatic heterocycles. The van der Waals surface area contributed by atoms with Crippen molar-refractivity contribution in [3.05, 3.63) is 69.0 Å². The van der Waals surface area contributed by atoms with E-state index >= 15 is 0 Å². The van der Waals surface area contributed by atoms with Crippen molar-refractivity contribution in [1.29, 1.82) is 5.26 Å². The summed E-state index contributed by atoms with van der Waals surface area (Å²) in [6, 6.07) is 10.0. The van der Waals surface area contributed by atoms with Crippen LogP contribution in [-0.4, -0.2) is 36.3 Å². The number of ether oxygens (including phenoxy) is 1. The SMILES string of the molecule is Cc1cc(C)n2nc(CC3=C(O)C[C@](CCc4ccc(C(C)(C)C#N)c(Cl)c4)(C4CCCC4)OC3=O)nc2n1. The van der Waals surface area contributed by atoms with Crippen molar-refractivity contribution in [2.75, 3.05) is 0 Å². The molecule has 1 saturated carbocycles. The molecule has 1 atom stereocenters. The number of fused-ring (bicyclic) bond motifs is 1. The number of esters is 1. The highest BCUT2D eigenvalue weighted by Gasteiger charge is 2.48. The molecule has 1 fully saturated rings. The molecule has 204 valence electrons. The van der Waals surface area contributed by atoms with E-state index in [0.717, 1.165) is 48.2 Å². The van der Waals surface area contributed by atoms with Gasteiger partial charge in [-0.1, -0.05) is 36.6 Å². The van der Waals surface area contributed by atoms with E-state index in [9.17, 15) is 15.2 Å². The highest BCUT2D eigenvalue weighted by atomic mass is 35.5. The minimum absolute atomic E-state index is 0.0574. The van der Waals surface area contributed by atoms with E-state index in [1.807, 2.05) is 52.0 Å². The molecule has 0 unspecified atom stereocenters. The Morgan fingerprint density at radius 1 is 1.23 bits per heavy atom. The van der Waals surface area contributed by atoms with Gasteiger partial charge >= 0.3 is 5.97 Å². The van der Waals surface area contributed by atoms with Crippen LogP contribution in [0.4, 0.5) is 0 Å². The predicted molar refractivity (Wildman–Crippen MR) is 147 cm³/mol. The zero-order chi connectivity index (χ0) is 27.9. The fourth-order valence-electron chi connectivity index (χ4n) is 6.07. The summed E-state index contributed by atoms with van der Waals surface area (Å²) in [5, 5.41) is 25.8.